The average Bonchev–Trinajstić information content (AvgIpc) is 2.75. The van der Waals surface area contributed by atoms with Gasteiger partial charge >= 0.3 is 11.7 Å². The predicted molar refractivity (Wildman–Crippen MR) is 115 cm³/mol. The molecule has 0 aliphatic carbocycles. The molecule has 9 heteroatoms. The summed E-state index contributed by atoms with van der Waals surface area (Å²) in [6, 6.07) is 16.2. The summed E-state index contributed by atoms with van der Waals surface area (Å²) >= 11 is 6.16. The zero-order valence-corrected chi connectivity index (χ0v) is 16.9. The van der Waals surface area contributed by atoms with Crippen molar-refractivity contribution in [2.24, 2.45) is 0 Å². The lowest BCUT2D eigenvalue weighted by Crippen LogP contribution is -2.38. The first-order chi connectivity index (χ1) is 14.5. The van der Waals surface area contributed by atoms with Crippen LogP contribution in [0.2, 0.25) is 5.02 Å². The van der Waals surface area contributed by atoms with Gasteiger partial charge in [-0.2, -0.15) is 0 Å². The van der Waals surface area contributed by atoms with Gasteiger partial charge in [-0.05, 0) is 36.2 Å². The Morgan fingerprint density at radius 3 is 2.73 bits per heavy atom. The minimum Gasteiger partial charge on any atom is -0.497 e. The van der Waals surface area contributed by atoms with E-state index in [2.05, 4.69) is 10.3 Å². The van der Waals surface area contributed by atoms with Gasteiger partial charge in [0.05, 0.1) is 17.7 Å². The lowest BCUT2D eigenvalue weighted by atomic mass is 10.1. The maximum absolute atomic E-state index is 13.1. The smallest absolute Gasteiger partial charge is 0.327 e. The van der Waals surface area contributed by atoms with Crippen molar-refractivity contribution in [3.63, 3.8) is 0 Å². The van der Waals surface area contributed by atoms with Crippen LogP contribution in [0.5, 0.6) is 5.75 Å². The molecule has 1 N–H and O–H groups in total. The number of anilines is 2. The molecule has 0 aliphatic rings. The number of pyridine rings is 1. The fraction of sp³-hybridized carbons (Fsp3) is 0.143. The van der Waals surface area contributed by atoms with E-state index in [4.69, 9.17) is 16.3 Å². The summed E-state index contributed by atoms with van der Waals surface area (Å²) in [4.78, 5) is 29.3. The molecule has 0 unspecified atom stereocenters. The predicted octanol–water partition coefficient (Wildman–Crippen LogP) is 4.74. The van der Waals surface area contributed by atoms with E-state index < -0.39 is 11.0 Å². The van der Waals surface area contributed by atoms with Crippen LogP contribution in [0, 0.1) is 10.1 Å². The van der Waals surface area contributed by atoms with Gasteiger partial charge in [-0.3, -0.25) is 10.1 Å². The van der Waals surface area contributed by atoms with E-state index in [1.807, 2.05) is 18.2 Å². The van der Waals surface area contributed by atoms with Crippen molar-refractivity contribution in [1.29, 1.82) is 0 Å². The van der Waals surface area contributed by atoms with Crippen molar-refractivity contribution >= 4 is 34.8 Å². The molecule has 2 aromatic carbocycles. The van der Waals surface area contributed by atoms with E-state index >= 15 is 0 Å². The quantitative estimate of drug-likeness (QED) is 0.434. The van der Waals surface area contributed by atoms with Crippen LogP contribution in [0.25, 0.3) is 0 Å². The van der Waals surface area contributed by atoms with Crippen LogP contribution >= 0.6 is 11.6 Å². The molecule has 8 nitrogen and oxygen atoms in total. The molecular formula is C21H19ClN4O4. The number of nitrogens with one attached hydrogen (secondary N) is 1. The zero-order chi connectivity index (χ0) is 21.5. The number of ether oxygens (including phenoxy) is 1. The van der Waals surface area contributed by atoms with Crippen molar-refractivity contribution in [3.8, 4) is 5.75 Å². The summed E-state index contributed by atoms with van der Waals surface area (Å²) < 4.78 is 5.22. The molecule has 0 aliphatic heterocycles. The Labute approximate surface area is 178 Å². The van der Waals surface area contributed by atoms with Crippen LogP contribution in [0.15, 0.2) is 66.9 Å². The molecule has 2 amide bonds. The summed E-state index contributed by atoms with van der Waals surface area (Å²) in [5, 5.41) is 14.9. The van der Waals surface area contributed by atoms with E-state index in [1.54, 1.807) is 30.3 Å². The van der Waals surface area contributed by atoms with Gasteiger partial charge in [0.2, 0.25) is 5.82 Å². The van der Waals surface area contributed by atoms with Gasteiger partial charge in [0.25, 0.3) is 0 Å². The second-order valence-corrected chi connectivity index (χ2v) is 6.62. The van der Waals surface area contributed by atoms with Gasteiger partial charge in [0, 0.05) is 29.9 Å². The van der Waals surface area contributed by atoms with Crippen LogP contribution in [0.1, 0.15) is 5.56 Å². The van der Waals surface area contributed by atoms with Gasteiger partial charge in [0.1, 0.15) is 5.75 Å². The zero-order valence-electron chi connectivity index (χ0n) is 16.1. The molecule has 3 aromatic rings. The summed E-state index contributed by atoms with van der Waals surface area (Å²) in [6.07, 6.45) is 1.90. The number of carbonyl (C=O) groups is 1. The molecule has 0 saturated carbocycles. The molecule has 0 bridgehead atoms. The Balaban J connectivity index is 1.90. The van der Waals surface area contributed by atoms with Crippen molar-refractivity contribution in [3.05, 3.63) is 87.6 Å². The number of benzene rings is 2. The van der Waals surface area contributed by atoms with Crippen LogP contribution in [-0.4, -0.2) is 29.6 Å². The Morgan fingerprint density at radius 1 is 1.20 bits per heavy atom. The summed E-state index contributed by atoms with van der Waals surface area (Å²) in [5.74, 6) is 0.408. The Bertz CT molecular complexity index is 1060. The van der Waals surface area contributed by atoms with Crippen molar-refractivity contribution in [2.45, 2.75) is 6.42 Å². The van der Waals surface area contributed by atoms with Crippen LogP contribution in [0.3, 0.4) is 0 Å². The minimum atomic E-state index is -0.577. The number of methoxy groups -OCH3 is 1. The lowest BCUT2D eigenvalue weighted by Gasteiger charge is -2.22. The third kappa shape index (κ3) is 4.84. The van der Waals surface area contributed by atoms with Crippen LogP contribution < -0.4 is 15.0 Å². The Hall–Kier alpha value is -3.65. The summed E-state index contributed by atoms with van der Waals surface area (Å²) in [7, 11) is 1.50. The maximum atomic E-state index is 13.1. The van der Waals surface area contributed by atoms with E-state index in [9.17, 15) is 14.9 Å². The highest BCUT2D eigenvalue weighted by Crippen LogP contribution is 2.33. The first-order valence-electron chi connectivity index (χ1n) is 9.06. The number of aromatic nitrogens is 1. The van der Waals surface area contributed by atoms with Gasteiger partial charge in [-0.25, -0.2) is 14.7 Å². The van der Waals surface area contributed by atoms with Crippen LogP contribution in [0.4, 0.5) is 22.0 Å². The second kappa shape index (κ2) is 9.71. The minimum absolute atomic E-state index is 0.0917. The molecule has 154 valence electrons. The molecular weight excluding hydrogens is 408 g/mol. The van der Waals surface area contributed by atoms with E-state index in [0.29, 0.717) is 22.9 Å². The summed E-state index contributed by atoms with van der Waals surface area (Å²) in [6.45, 7) is 0.281. The van der Waals surface area contributed by atoms with Gasteiger partial charge in [-0.1, -0.05) is 35.9 Å². The van der Waals surface area contributed by atoms with Crippen LogP contribution in [-0.2, 0) is 6.42 Å². The fourth-order valence-corrected chi connectivity index (χ4v) is 3.10. The molecule has 0 spiro atoms. The number of hydrogen-bond donors (Lipinski definition) is 1. The molecule has 0 radical (unpaired) electrons. The van der Waals surface area contributed by atoms with Gasteiger partial charge < -0.3 is 10.1 Å². The number of rotatable bonds is 7. The standard InChI is InChI=1S/C21H19ClN4O4/c1-30-17-8-4-7-16(14-17)25(20-19(26(28)29)10-5-12-23-20)21(27)24-13-11-15-6-2-3-9-18(15)22/h2-10,12,14H,11,13H2,1H3,(H,24,27). The number of carbonyl (C=O) groups excluding carboxylic acids is 1. The maximum Gasteiger partial charge on any atom is 0.327 e. The van der Waals surface area contributed by atoms with Crippen molar-refractivity contribution < 1.29 is 14.5 Å². The second-order valence-electron chi connectivity index (χ2n) is 6.21. The topological polar surface area (TPSA) is 97.6 Å². The van der Waals surface area contributed by atoms with Gasteiger partial charge in [0.15, 0.2) is 0 Å². The largest absolute Gasteiger partial charge is 0.497 e. The molecule has 0 fully saturated rings. The molecule has 0 saturated heterocycles. The highest BCUT2D eigenvalue weighted by Gasteiger charge is 2.27. The number of halogens is 1. The number of amides is 2. The molecule has 3 rings (SSSR count). The first-order valence-corrected chi connectivity index (χ1v) is 9.44. The number of nitro groups is 1. The number of urea groups is 1. The number of nitrogens with zero attached hydrogens (tertiary/aromatic N) is 3. The fourth-order valence-electron chi connectivity index (χ4n) is 2.87. The van der Waals surface area contributed by atoms with Crippen molar-refractivity contribution in [1.82, 2.24) is 10.3 Å². The van der Waals surface area contributed by atoms with Crippen molar-refractivity contribution in [2.75, 3.05) is 18.6 Å². The average molecular weight is 427 g/mol. The van der Waals surface area contributed by atoms with E-state index in [0.717, 1.165) is 10.5 Å². The highest BCUT2D eigenvalue weighted by molar-refractivity contribution is 6.31. The lowest BCUT2D eigenvalue weighted by molar-refractivity contribution is -0.384. The Kier molecular flexibility index (Phi) is 6.82. The van der Waals surface area contributed by atoms with Gasteiger partial charge in [-0.15, -0.1) is 0 Å². The normalized spacial score (nSPS) is 10.3. The highest BCUT2D eigenvalue weighted by atomic mass is 35.5. The molecule has 30 heavy (non-hydrogen) atoms. The molecule has 1 heterocycles. The Morgan fingerprint density at radius 2 is 2.00 bits per heavy atom. The third-order valence-corrected chi connectivity index (χ3v) is 4.69. The SMILES string of the molecule is COc1cccc(N(C(=O)NCCc2ccccc2Cl)c2ncccc2[N+](=O)[O-])c1. The molecule has 0 atom stereocenters. The van der Waals surface area contributed by atoms with E-state index in [1.165, 1.54) is 25.4 Å². The first kappa shape index (κ1) is 21.1. The number of hydrogen-bond acceptors (Lipinski definition) is 5. The molecule has 1 aromatic heterocycles. The third-order valence-electron chi connectivity index (χ3n) is 4.32. The van der Waals surface area contributed by atoms with E-state index in [-0.39, 0.29) is 18.1 Å². The summed E-state index contributed by atoms with van der Waals surface area (Å²) in [5.41, 5.74) is 0.976. The monoisotopic (exact) mass is 426 g/mol.